The minimum absolute atomic E-state index is 0.595. The van der Waals surface area contributed by atoms with Gasteiger partial charge in [0.25, 0.3) is 0 Å². The second kappa shape index (κ2) is 8.78. The molecule has 0 unspecified atom stereocenters. The van der Waals surface area contributed by atoms with Crippen LogP contribution < -0.4 is 14.2 Å². The largest absolute Gasteiger partial charge is 0.496 e. The van der Waals surface area contributed by atoms with E-state index >= 15 is 0 Å². The van der Waals surface area contributed by atoms with Crippen LogP contribution in [0.4, 0.5) is 0 Å². The molecule has 7 nitrogen and oxygen atoms in total. The van der Waals surface area contributed by atoms with E-state index in [9.17, 15) is 0 Å². The highest BCUT2D eigenvalue weighted by molar-refractivity contribution is 6.33. The van der Waals surface area contributed by atoms with Gasteiger partial charge in [0.15, 0.2) is 0 Å². The zero-order valence-electron chi connectivity index (χ0n) is 20.0. The number of methoxy groups -OCH3 is 3. The van der Waals surface area contributed by atoms with Crippen molar-refractivity contribution >= 4 is 28.4 Å². The highest BCUT2D eigenvalue weighted by atomic mass is 16.5. The van der Waals surface area contributed by atoms with E-state index in [2.05, 4.69) is 0 Å². The van der Waals surface area contributed by atoms with Crippen molar-refractivity contribution in [2.24, 2.45) is 20.0 Å². The van der Waals surface area contributed by atoms with E-state index in [1.807, 2.05) is 79.0 Å². The molecule has 0 aliphatic carbocycles. The molecule has 0 saturated carbocycles. The zero-order valence-corrected chi connectivity index (χ0v) is 20.0. The molecule has 5 aliphatic heterocycles. The Hall–Kier alpha value is -4.78. The molecule has 5 aliphatic rings. The van der Waals surface area contributed by atoms with Gasteiger partial charge in [-0.3, -0.25) is 0 Å². The summed E-state index contributed by atoms with van der Waals surface area (Å²) >= 11 is 0. The summed E-state index contributed by atoms with van der Waals surface area (Å²) in [4.78, 5) is 19.2. The monoisotopic (exact) mass is 474 g/mol. The molecule has 176 valence electrons. The van der Waals surface area contributed by atoms with Gasteiger partial charge in [-0.15, -0.1) is 0 Å². The number of aliphatic imine (C=N–C) groups is 4. The SMILES string of the molecule is COc1cc(OC)c(C2=C3C=CC(=N3)C=C3C=CC(=N3)C=C3C=CC(=N3)C=C3C=CC2=N3)c(OC)c1. The van der Waals surface area contributed by atoms with Crippen LogP contribution >= 0.6 is 0 Å². The summed E-state index contributed by atoms with van der Waals surface area (Å²) in [6, 6.07) is 3.66. The van der Waals surface area contributed by atoms with Crippen molar-refractivity contribution in [1.29, 1.82) is 0 Å². The molecular formula is C29H22N4O3. The Morgan fingerprint density at radius 2 is 1.06 bits per heavy atom. The second-order valence-corrected chi connectivity index (χ2v) is 8.32. The number of benzene rings is 1. The Morgan fingerprint density at radius 3 is 1.64 bits per heavy atom. The van der Waals surface area contributed by atoms with Crippen LogP contribution in [0.15, 0.2) is 122 Å². The molecule has 0 saturated heterocycles. The first kappa shape index (κ1) is 21.7. The third kappa shape index (κ3) is 3.90. The van der Waals surface area contributed by atoms with Gasteiger partial charge in [-0.1, -0.05) is 0 Å². The van der Waals surface area contributed by atoms with E-state index < -0.39 is 0 Å². The first-order valence-electron chi connectivity index (χ1n) is 11.4. The number of nitrogens with zero attached hydrogens (tertiary/aromatic N) is 4. The molecule has 1 aromatic rings. The number of fused-ring (bicyclic) bond motifs is 4. The minimum Gasteiger partial charge on any atom is -0.496 e. The number of rotatable bonds is 4. The molecule has 1 aromatic carbocycles. The molecule has 0 amide bonds. The summed E-state index contributed by atoms with van der Waals surface area (Å²) in [5.41, 5.74) is 7.94. The number of hydrogen-bond acceptors (Lipinski definition) is 7. The lowest BCUT2D eigenvalue weighted by atomic mass is 9.96. The van der Waals surface area contributed by atoms with E-state index in [4.69, 9.17) is 34.2 Å². The third-order valence-electron chi connectivity index (χ3n) is 6.05. The van der Waals surface area contributed by atoms with E-state index in [1.54, 1.807) is 21.3 Å². The number of ether oxygens (including phenoxy) is 3. The van der Waals surface area contributed by atoms with E-state index in [0.717, 1.165) is 56.8 Å². The van der Waals surface area contributed by atoms with E-state index in [1.165, 1.54) is 0 Å². The molecule has 8 bridgehead atoms. The average Bonchev–Trinajstić information content (AvgIpc) is 3.70. The van der Waals surface area contributed by atoms with Crippen molar-refractivity contribution in [2.45, 2.75) is 0 Å². The van der Waals surface area contributed by atoms with Crippen molar-refractivity contribution in [3.63, 3.8) is 0 Å². The smallest absolute Gasteiger partial charge is 0.134 e. The zero-order chi connectivity index (χ0) is 24.6. The summed E-state index contributed by atoms with van der Waals surface area (Å²) in [6.45, 7) is 0. The van der Waals surface area contributed by atoms with Gasteiger partial charge in [0.2, 0.25) is 0 Å². The summed E-state index contributed by atoms with van der Waals surface area (Å²) < 4.78 is 17.0. The van der Waals surface area contributed by atoms with Crippen LogP contribution in [-0.2, 0) is 0 Å². The molecule has 6 rings (SSSR count). The summed E-state index contributed by atoms with van der Waals surface area (Å²) in [5, 5.41) is 0. The second-order valence-electron chi connectivity index (χ2n) is 8.32. The lowest BCUT2D eigenvalue weighted by Crippen LogP contribution is -2.05. The lowest BCUT2D eigenvalue weighted by molar-refractivity contribution is 0.374. The molecule has 0 atom stereocenters. The maximum atomic E-state index is 5.78. The van der Waals surface area contributed by atoms with Crippen molar-refractivity contribution in [2.75, 3.05) is 21.3 Å². The summed E-state index contributed by atoms with van der Waals surface area (Å²) in [5.74, 6) is 1.82. The first-order valence-corrected chi connectivity index (χ1v) is 11.4. The molecule has 5 heterocycles. The predicted octanol–water partition coefficient (Wildman–Crippen LogP) is 5.13. The van der Waals surface area contributed by atoms with Crippen LogP contribution in [0.1, 0.15) is 5.56 Å². The van der Waals surface area contributed by atoms with Gasteiger partial charge in [0.05, 0.1) is 72.5 Å². The maximum absolute atomic E-state index is 5.78. The highest BCUT2D eigenvalue weighted by Crippen LogP contribution is 2.42. The topological polar surface area (TPSA) is 77.1 Å². The molecule has 0 radical (unpaired) electrons. The quantitative estimate of drug-likeness (QED) is 0.607. The van der Waals surface area contributed by atoms with Gasteiger partial charge in [-0.05, 0) is 66.8 Å². The number of hydrogen-bond donors (Lipinski definition) is 0. The Bertz CT molecular complexity index is 1540. The fraction of sp³-hybridized carbons (Fsp3) is 0.103. The summed E-state index contributed by atoms with van der Waals surface area (Å²) in [6.07, 6.45) is 21.6. The molecule has 0 spiro atoms. The highest BCUT2D eigenvalue weighted by Gasteiger charge is 2.26. The molecule has 0 fully saturated rings. The van der Waals surface area contributed by atoms with Crippen LogP contribution in [0.25, 0.3) is 5.57 Å². The van der Waals surface area contributed by atoms with Gasteiger partial charge in [-0.2, -0.15) is 0 Å². The lowest BCUT2D eigenvalue weighted by Gasteiger charge is -2.18. The van der Waals surface area contributed by atoms with Crippen LogP contribution in [0.3, 0.4) is 0 Å². The average molecular weight is 475 g/mol. The molecule has 0 N–H and O–H groups in total. The fourth-order valence-corrected chi connectivity index (χ4v) is 4.40. The minimum atomic E-state index is 0.595. The molecule has 0 aromatic heterocycles. The van der Waals surface area contributed by atoms with Crippen molar-refractivity contribution in [3.8, 4) is 17.2 Å². The van der Waals surface area contributed by atoms with Crippen molar-refractivity contribution in [1.82, 2.24) is 0 Å². The maximum Gasteiger partial charge on any atom is 0.134 e. The fourth-order valence-electron chi connectivity index (χ4n) is 4.40. The van der Waals surface area contributed by atoms with Gasteiger partial charge in [0, 0.05) is 17.7 Å². The molecular weight excluding hydrogens is 452 g/mol. The predicted molar refractivity (Wildman–Crippen MR) is 144 cm³/mol. The Balaban J connectivity index is 1.61. The van der Waals surface area contributed by atoms with Crippen LogP contribution in [0, 0.1) is 0 Å². The Morgan fingerprint density at radius 1 is 0.528 bits per heavy atom. The molecule has 7 heteroatoms. The normalized spacial score (nSPS) is 19.0. The van der Waals surface area contributed by atoms with E-state index in [-0.39, 0.29) is 0 Å². The Kier molecular flexibility index (Phi) is 5.30. The standard InChI is InChI=1S/C29H22N4O3/c1-34-23-15-26(35-2)29(27(16-23)36-3)28-24-10-8-21(32-24)13-19-6-4-17(30-19)12-18-5-7-20(31-18)14-22-9-11-25(28)33-22/h4-16H,1-3H3. The van der Waals surface area contributed by atoms with Gasteiger partial charge < -0.3 is 14.2 Å². The number of allylic oxidation sites excluding steroid dienone is 12. The van der Waals surface area contributed by atoms with Crippen LogP contribution in [-0.4, -0.2) is 44.2 Å². The van der Waals surface area contributed by atoms with Crippen molar-refractivity contribution < 1.29 is 14.2 Å². The van der Waals surface area contributed by atoms with Crippen LogP contribution in [0.2, 0.25) is 0 Å². The van der Waals surface area contributed by atoms with Gasteiger partial charge >= 0.3 is 0 Å². The van der Waals surface area contributed by atoms with Crippen molar-refractivity contribution in [3.05, 3.63) is 107 Å². The van der Waals surface area contributed by atoms with Gasteiger partial charge in [0.1, 0.15) is 17.2 Å². The van der Waals surface area contributed by atoms with Crippen LogP contribution in [0.5, 0.6) is 17.2 Å². The Labute approximate surface area is 208 Å². The van der Waals surface area contributed by atoms with Gasteiger partial charge in [-0.25, -0.2) is 20.0 Å². The third-order valence-corrected chi connectivity index (χ3v) is 6.05. The molecule has 36 heavy (non-hydrogen) atoms. The van der Waals surface area contributed by atoms with E-state index in [0.29, 0.717) is 17.2 Å². The first-order chi connectivity index (χ1) is 17.6. The summed E-state index contributed by atoms with van der Waals surface area (Å²) in [7, 11) is 4.85.